The highest BCUT2D eigenvalue weighted by molar-refractivity contribution is 14.1. The molecule has 0 radical (unpaired) electrons. The number of hydrogen-bond acceptors (Lipinski definition) is 2. The van der Waals surface area contributed by atoms with Crippen LogP contribution in [0, 0.1) is 10.5 Å². The van der Waals surface area contributed by atoms with Crippen LogP contribution >= 0.6 is 34.2 Å². The SMILES string of the molecule is Cc1ccc(Cn2cnc(Cl)c(I)c2=O)cc1. The van der Waals surface area contributed by atoms with Crippen LogP contribution in [0.25, 0.3) is 0 Å². The van der Waals surface area contributed by atoms with Gasteiger partial charge in [0.15, 0.2) is 0 Å². The van der Waals surface area contributed by atoms with Gasteiger partial charge in [-0.25, -0.2) is 4.98 Å². The molecule has 0 atom stereocenters. The van der Waals surface area contributed by atoms with Crippen molar-refractivity contribution < 1.29 is 0 Å². The van der Waals surface area contributed by atoms with Crippen molar-refractivity contribution in [2.75, 3.05) is 0 Å². The molecular weight excluding hydrogens is 351 g/mol. The molecule has 2 aromatic rings. The number of benzene rings is 1. The third kappa shape index (κ3) is 2.87. The monoisotopic (exact) mass is 360 g/mol. The molecule has 0 N–H and O–H groups in total. The Morgan fingerprint density at radius 2 is 2.00 bits per heavy atom. The van der Waals surface area contributed by atoms with E-state index in [-0.39, 0.29) is 10.7 Å². The Hall–Kier alpha value is -0.880. The van der Waals surface area contributed by atoms with E-state index in [0.717, 1.165) is 5.56 Å². The van der Waals surface area contributed by atoms with Gasteiger partial charge in [0, 0.05) is 0 Å². The second-order valence-corrected chi connectivity index (χ2v) is 5.20. The molecule has 0 unspecified atom stereocenters. The molecule has 1 aromatic carbocycles. The standard InChI is InChI=1S/C12H10ClIN2O/c1-8-2-4-9(5-3-8)6-16-7-15-11(13)10(14)12(16)17/h2-5,7H,6H2,1H3. The Morgan fingerprint density at radius 3 is 2.65 bits per heavy atom. The zero-order chi connectivity index (χ0) is 12.4. The molecule has 88 valence electrons. The maximum Gasteiger partial charge on any atom is 0.268 e. The molecule has 1 aromatic heterocycles. The fourth-order valence-corrected chi connectivity index (χ4v) is 2.02. The van der Waals surface area contributed by atoms with Crippen molar-refractivity contribution in [3.63, 3.8) is 0 Å². The minimum atomic E-state index is -0.105. The van der Waals surface area contributed by atoms with E-state index < -0.39 is 0 Å². The summed E-state index contributed by atoms with van der Waals surface area (Å²) in [7, 11) is 0. The van der Waals surface area contributed by atoms with Crippen molar-refractivity contribution >= 4 is 34.2 Å². The Labute approximate surface area is 118 Å². The van der Waals surface area contributed by atoms with Gasteiger partial charge in [-0.1, -0.05) is 41.4 Å². The van der Waals surface area contributed by atoms with Crippen LogP contribution in [0.1, 0.15) is 11.1 Å². The lowest BCUT2D eigenvalue weighted by molar-refractivity contribution is 0.730. The maximum atomic E-state index is 11.9. The molecule has 0 aliphatic rings. The van der Waals surface area contributed by atoms with Gasteiger partial charge in [0.05, 0.1) is 12.9 Å². The molecule has 0 aliphatic carbocycles. The normalized spacial score (nSPS) is 10.5. The highest BCUT2D eigenvalue weighted by Crippen LogP contribution is 2.10. The Morgan fingerprint density at radius 1 is 1.35 bits per heavy atom. The van der Waals surface area contributed by atoms with Crippen molar-refractivity contribution in [1.82, 2.24) is 9.55 Å². The molecule has 5 heteroatoms. The summed E-state index contributed by atoms with van der Waals surface area (Å²) in [5.74, 6) is 0. The lowest BCUT2D eigenvalue weighted by Gasteiger charge is -2.06. The highest BCUT2D eigenvalue weighted by Gasteiger charge is 2.06. The Kier molecular flexibility index (Phi) is 3.83. The second kappa shape index (κ2) is 5.18. The van der Waals surface area contributed by atoms with Gasteiger partial charge >= 0.3 is 0 Å². The van der Waals surface area contributed by atoms with Gasteiger partial charge in [0.2, 0.25) is 0 Å². The first-order valence-corrected chi connectivity index (χ1v) is 6.49. The predicted octanol–water partition coefficient (Wildman–Crippen LogP) is 2.86. The van der Waals surface area contributed by atoms with Gasteiger partial charge in [-0.2, -0.15) is 0 Å². The number of nitrogens with zero attached hydrogens (tertiary/aromatic N) is 2. The van der Waals surface area contributed by atoms with Crippen molar-refractivity contribution in [1.29, 1.82) is 0 Å². The van der Waals surface area contributed by atoms with Gasteiger partial charge in [-0.15, -0.1) is 0 Å². The van der Waals surface area contributed by atoms with Crippen LogP contribution in [0.3, 0.4) is 0 Å². The van der Waals surface area contributed by atoms with Crippen LogP contribution in [0.5, 0.6) is 0 Å². The summed E-state index contributed by atoms with van der Waals surface area (Å²) < 4.78 is 2.01. The minimum Gasteiger partial charge on any atom is -0.294 e. The van der Waals surface area contributed by atoms with Gasteiger partial charge in [-0.05, 0) is 35.1 Å². The molecule has 1 heterocycles. The molecule has 3 nitrogen and oxygen atoms in total. The molecule has 0 saturated heterocycles. The quantitative estimate of drug-likeness (QED) is 0.610. The van der Waals surface area contributed by atoms with Crippen LogP contribution < -0.4 is 5.56 Å². The second-order valence-electron chi connectivity index (χ2n) is 3.77. The van der Waals surface area contributed by atoms with Crippen LogP contribution in [-0.4, -0.2) is 9.55 Å². The van der Waals surface area contributed by atoms with E-state index in [1.165, 1.54) is 11.9 Å². The summed E-state index contributed by atoms with van der Waals surface area (Å²) in [5, 5.41) is 0.260. The first kappa shape index (κ1) is 12.6. The van der Waals surface area contributed by atoms with Crippen LogP contribution in [0.4, 0.5) is 0 Å². The van der Waals surface area contributed by atoms with Gasteiger partial charge < -0.3 is 0 Å². The number of halogens is 2. The zero-order valence-electron chi connectivity index (χ0n) is 9.15. The van der Waals surface area contributed by atoms with E-state index in [0.29, 0.717) is 10.1 Å². The van der Waals surface area contributed by atoms with Crippen LogP contribution in [0.2, 0.25) is 5.15 Å². The topological polar surface area (TPSA) is 34.9 Å². The first-order chi connectivity index (χ1) is 8.08. The molecule has 0 saturated carbocycles. The average molecular weight is 361 g/mol. The van der Waals surface area contributed by atoms with Gasteiger partial charge in [0.1, 0.15) is 8.72 Å². The molecule has 0 amide bonds. The molecule has 0 spiro atoms. The summed E-state index contributed by atoms with van der Waals surface area (Å²) >= 11 is 7.69. The minimum absolute atomic E-state index is 0.105. The first-order valence-electron chi connectivity index (χ1n) is 5.04. The largest absolute Gasteiger partial charge is 0.294 e. The van der Waals surface area contributed by atoms with Crippen LogP contribution in [-0.2, 0) is 6.54 Å². The number of aromatic nitrogens is 2. The molecule has 2 rings (SSSR count). The van der Waals surface area contributed by atoms with Crippen molar-refractivity contribution in [3.8, 4) is 0 Å². The molecule has 0 bridgehead atoms. The maximum absolute atomic E-state index is 11.9. The smallest absolute Gasteiger partial charge is 0.268 e. The third-order valence-corrected chi connectivity index (χ3v) is 3.99. The molecule has 0 aliphatic heterocycles. The molecule has 0 fully saturated rings. The van der Waals surface area contributed by atoms with E-state index in [4.69, 9.17) is 11.6 Å². The van der Waals surface area contributed by atoms with Crippen molar-refractivity contribution in [3.05, 3.63) is 60.8 Å². The molecule has 17 heavy (non-hydrogen) atoms. The van der Waals surface area contributed by atoms with Crippen molar-refractivity contribution in [2.24, 2.45) is 0 Å². The molecular formula is C12H10ClIN2O. The van der Waals surface area contributed by atoms with Crippen LogP contribution in [0.15, 0.2) is 35.4 Å². The fraction of sp³-hybridized carbons (Fsp3) is 0.167. The summed E-state index contributed by atoms with van der Waals surface area (Å²) in [6.07, 6.45) is 1.48. The summed E-state index contributed by atoms with van der Waals surface area (Å²) in [5.41, 5.74) is 2.16. The summed E-state index contributed by atoms with van der Waals surface area (Å²) in [4.78, 5) is 15.9. The Balaban J connectivity index is 2.34. The number of hydrogen-bond donors (Lipinski definition) is 0. The van der Waals surface area contributed by atoms with E-state index >= 15 is 0 Å². The summed E-state index contributed by atoms with van der Waals surface area (Å²) in [6, 6.07) is 8.05. The van der Waals surface area contributed by atoms with E-state index in [9.17, 15) is 4.79 Å². The average Bonchev–Trinajstić information content (AvgIpc) is 2.33. The van der Waals surface area contributed by atoms with E-state index in [2.05, 4.69) is 4.98 Å². The predicted molar refractivity (Wildman–Crippen MR) is 76.5 cm³/mol. The summed E-state index contributed by atoms with van der Waals surface area (Å²) in [6.45, 7) is 2.54. The Bertz CT molecular complexity index is 592. The third-order valence-electron chi connectivity index (χ3n) is 2.41. The highest BCUT2D eigenvalue weighted by atomic mass is 127. The van der Waals surface area contributed by atoms with Gasteiger partial charge in [-0.3, -0.25) is 9.36 Å². The zero-order valence-corrected chi connectivity index (χ0v) is 12.1. The lowest BCUT2D eigenvalue weighted by Crippen LogP contribution is -2.23. The lowest BCUT2D eigenvalue weighted by atomic mass is 10.1. The van der Waals surface area contributed by atoms with Crippen molar-refractivity contribution in [2.45, 2.75) is 13.5 Å². The van der Waals surface area contributed by atoms with E-state index in [1.807, 2.05) is 53.8 Å². The number of rotatable bonds is 2. The van der Waals surface area contributed by atoms with E-state index in [1.54, 1.807) is 4.57 Å². The fourth-order valence-electron chi connectivity index (χ4n) is 1.45. The van der Waals surface area contributed by atoms with Gasteiger partial charge in [0.25, 0.3) is 5.56 Å². The number of aryl methyl sites for hydroxylation is 1.